The molecule has 2 amide bonds. The van der Waals surface area contributed by atoms with E-state index >= 15 is 0 Å². The van der Waals surface area contributed by atoms with Gasteiger partial charge in [-0.25, -0.2) is 13.7 Å². The summed E-state index contributed by atoms with van der Waals surface area (Å²) >= 11 is 0. The Morgan fingerprint density at radius 1 is 0.871 bits per heavy atom. The Balaban J connectivity index is 1.80. The maximum Gasteiger partial charge on any atom is 0.282 e. The van der Waals surface area contributed by atoms with E-state index in [2.05, 4.69) is 5.32 Å². The lowest BCUT2D eigenvalue weighted by Gasteiger charge is -2.16. The molecule has 1 heterocycles. The van der Waals surface area contributed by atoms with Crippen LogP contribution >= 0.6 is 0 Å². The lowest BCUT2D eigenvalue weighted by atomic mass is 10.0. The predicted octanol–water partition coefficient (Wildman–Crippen LogP) is 4.76. The van der Waals surface area contributed by atoms with Crippen molar-refractivity contribution in [3.63, 3.8) is 0 Å². The Kier molecular flexibility index (Phi) is 5.49. The molecule has 1 aliphatic heterocycles. The van der Waals surface area contributed by atoms with Crippen LogP contribution in [0, 0.1) is 11.6 Å². The van der Waals surface area contributed by atoms with Gasteiger partial charge in [-0.15, -0.1) is 0 Å². The molecule has 31 heavy (non-hydrogen) atoms. The van der Waals surface area contributed by atoms with Crippen LogP contribution in [0.2, 0.25) is 0 Å². The number of hydrogen-bond acceptors (Lipinski definition) is 4. The van der Waals surface area contributed by atoms with Gasteiger partial charge < -0.3 is 10.1 Å². The molecule has 0 saturated heterocycles. The van der Waals surface area contributed by atoms with E-state index in [0.29, 0.717) is 23.6 Å². The number of halogens is 2. The largest absolute Gasteiger partial charge is 0.494 e. The highest BCUT2D eigenvalue weighted by Gasteiger charge is 2.41. The van der Waals surface area contributed by atoms with E-state index in [0.717, 1.165) is 4.90 Å². The molecule has 0 saturated carbocycles. The first-order valence-corrected chi connectivity index (χ1v) is 9.63. The van der Waals surface area contributed by atoms with Gasteiger partial charge in [0.1, 0.15) is 23.1 Å². The Morgan fingerprint density at radius 2 is 1.55 bits per heavy atom. The molecule has 1 aliphatic rings. The van der Waals surface area contributed by atoms with Crippen LogP contribution in [0.1, 0.15) is 12.5 Å². The van der Waals surface area contributed by atoms with Crippen LogP contribution in [0.5, 0.6) is 5.75 Å². The highest BCUT2D eigenvalue weighted by Crippen LogP contribution is 2.35. The number of nitrogens with one attached hydrogen (secondary N) is 1. The summed E-state index contributed by atoms with van der Waals surface area (Å²) in [5.74, 6) is -1.89. The van der Waals surface area contributed by atoms with Gasteiger partial charge in [-0.05, 0) is 61.0 Å². The number of amides is 2. The monoisotopic (exact) mass is 420 g/mol. The number of carbonyl (C=O) groups excluding carboxylic acids is 2. The molecule has 156 valence electrons. The third-order valence-electron chi connectivity index (χ3n) is 4.74. The SMILES string of the molecule is CCOc1ccc(C2=C(Nc3ccc(F)cc3)C(=O)N(c3ccccc3F)C2=O)cc1. The van der Waals surface area contributed by atoms with Crippen LogP contribution < -0.4 is 15.0 Å². The molecule has 0 fully saturated rings. The van der Waals surface area contributed by atoms with E-state index in [1.165, 1.54) is 42.5 Å². The second kappa shape index (κ2) is 8.39. The molecular weight excluding hydrogens is 402 g/mol. The lowest BCUT2D eigenvalue weighted by Crippen LogP contribution is -2.33. The van der Waals surface area contributed by atoms with Crippen molar-refractivity contribution < 1.29 is 23.1 Å². The molecule has 7 heteroatoms. The number of benzene rings is 3. The number of rotatable bonds is 6. The van der Waals surface area contributed by atoms with Crippen LogP contribution in [-0.2, 0) is 9.59 Å². The molecule has 3 aromatic rings. The van der Waals surface area contributed by atoms with Gasteiger partial charge in [0, 0.05) is 5.69 Å². The summed E-state index contributed by atoms with van der Waals surface area (Å²) in [5, 5.41) is 2.90. The highest BCUT2D eigenvalue weighted by atomic mass is 19.1. The third kappa shape index (κ3) is 3.90. The fourth-order valence-electron chi connectivity index (χ4n) is 3.33. The average molecular weight is 420 g/mol. The number of para-hydroxylation sites is 1. The Hall–Kier alpha value is -4.00. The van der Waals surface area contributed by atoms with E-state index in [9.17, 15) is 18.4 Å². The molecular formula is C24H18F2N2O3. The summed E-state index contributed by atoms with van der Waals surface area (Å²) in [4.78, 5) is 27.3. The van der Waals surface area contributed by atoms with Crippen molar-refractivity contribution in [2.45, 2.75) is 6.92 Å². The van der Waals surface area contributed by atoms with Crippen molar-refractivity contribution in [1.29, 1.82) is 0 Å². The van der Waals surface area contributed by atoms with Crippen LogP contribution in [0.3, 0.4) is 0 Å². The fraction of sp³-hybridized carbons (Fsp3) is 0.0833. The maximum atomic E-state index is 14.4. The molecule has 5 nitrogen and oxygen atoms in total. The zero-order valence-corrected chi connectivity index (χ0v) is 16.6. The minimum Gasteiger partial charge on any atom is -0.494 e. The normalized spacial score (nSPS) is 13.7. The summed E-state index contributed by atoms with van der Waals surface area (Å²) in [7, 11) is 0. The number of ether oxygens (including phenoxy) is 1. The zero-order chi connectivity index (χ0) is 22.0. The van der Waals surface area contributed by atoms with Crippen molar-refractivity contribution in [3.8, 4) is 5.75 Å². The number of carbonyl (C=O) groups is 2. The second-order valence-electron chi connectivity index (χ2n) is 6.74. The average Bonchev–Trinajstić information content (AvgIpc) is 3.00. The van der Waals surface area contributed by atoms with Crippen molar-refractivity contribution in [2.24, 2.45) is 0 Å². The summed E-state index contributed by atoms with van der Waals surface area (Å²) in [6.45, 7) is 2.34. The number of anilines is 2. The molecule has 0 bridgehead atoms. The van der Waals surface area contributed by atoms with E-state index in [4.69, 9.17) is 4.74 Å². The minimum atomic E-state index is -0.705. The van der Waals surface area contributed by atoms with E-state index < -0.39 is 23.4 Å². The summed E-state index contributed by atoms with van der Waals surface area (Å²) in [6.07, 6.45) is 0. The molecule has 0 radical (unpaired) electrons. The molecule has 1 N–H and O–H groups in total. The standard InChI is InChI=1S/C24H18F2N2O3/c1-2-31-18-13-7-15(8-14-18)21-22(27-17-11-9-16(25)10-12-17)24(30)28(23(21)29)20-6-4-3-5-19(20)26/h3-14,27H,2H2,1H3. The van der Waals surface area contributed by atoms with Gasteiger partial charge in [-0.1, -0.05) is 24.3 Å². The first-order valence-electron chi connectivity index (χ1n) is 9.63. The number of nitrogens with zero attached hydrogens (tertiary/aromatic N) is 1. The van der Waals surface area contributed by atoms with Crippen LogP contribution in [0.15, 0.2) is 78.5 Å². The van der Waals surface area contributed by atoms with Crippen molar-refractivity contribution >= 4 is 28.8 Å². The van der Waals surface area contributed by atoms with Gasteiger partial charge in [0.05, 0.1) is 17.9 Å². The fourth-order valence-corrected chi connectivity index (χ4v) is 3.33. The molecule has 0 unspecified atom stereocenters. The van der Waals surface area contributed by atoms with E-state index in [1.54, 1.807) is 30.3 Å². The lowest BCUT2D eigenvalue weighted by molar-refractivity contribution is -0.120. The Bertz CT molecular complexity index is 1170. The van der Waals surface area contributed by atoms with Gasteiger partial charge in [0.2, 0.25) is 0 Å². The van der Waals surface area contributed by atoms with Gasteiger partial charge in [-0.3, -0.25) is 9.59 Å². The van der Waals surface area contributed by atoms with Gasteiger partial charge in [-0.2, -0.15) is 0 Å². The van der Waals surface area contributed by atoms with Crippen molar-refractivity contribution in [2.75, 3.05) is 16.8 Å². The third-order valence-corrected chi connectivity index (χ3v) is 4.74. The zero-order valence-electron chi connectivity index (χ0n) is 16.6. The predicted molar refractivity (Wildman–Crippen MR) is 113 cm³/mol. The first-order chi connectivity index (χ1) is 15.0. The first kappa shape index (κ1) is 20.3. The quantitative estimate of drug-likeness (QED) is 0.584. The minimum absolute atomic E-state index is 0.0241. The molecule has 4 rings (SSSR count). The van der Waals surface area contributed by atoms with Crippen molar-refractivity contribution in [1.82, 2.24) is 0 Å². The molecule has 0 aromatic heterocycles. The number of imide groups is 1. The maximum absolute atomic E-state index is 14.4. The van der Waals surface area contributed by atoms with Gasteiger partial charge in [0.15, 0.2) is 0 Å². The van der Waals surface area contributed by atoms with Gasteiger partial charge >= 0.3 is 0 Å². The molecule has 3 aromatic carbocycles. The van der Waals surface area contributed by atoms with E-state index in [-0.39, 0.29) is 17.0 Å². The second-order valence-corrected chi connectivity index (χ2v) is 6.74. The van der Waals surface area contributed by atoms with Crippen molar-refractivity contribution in [3.05, 3.63) is 95.7 Å². The number of hydrogen-bond donors (Lipinski definition) is 1. The van der Waals surface area contributed by atoms with Crippen LogP contribution in [-0.4, -0.2) is 18.4 Å². The van der Waals surface area contributed by atoms with E-state index in [1.807, 2.05) is 6.92 Å². The molecule has 0 spiro atoms. The van der Waals surface area contributed by atoms with Crippen LogP contribution in [0.25, 0.3) is 5.57 Å². The topological polar surface area (TPSA) is 58.6 Å². The van der Waals surface area contributed by atoms with Crippen LogP contribution in [0.4, 0.5) is 20.2 Å². The highest BCUT2D eigenvalue weighted by molar-refractivity contribution is 6.46. The molecule has 0 atom stereocenters. The van der Waals surface area contributed by atoms with Gasteiger partial charge in [0.25, 0.3) is 11.8 Å². The summed E-state index contributed by atoms with van der Waals surface area (Å²) < 4.78 is 33.1. The summed E-state index contributed by atoms with van der Waals surface area (Å²) in [6, 6.07) is 17.6. The Morgan fingerprint density at radius 3 is 2.19 bits per heavy atom. The smallest absolute Gasteiger partial charge is 0.282 e. The Labute approximate surface area is 177 Å². The molecule has 0 aliphatic carbocycles. The summed E-state index contributed by atoms with van der Waals surface area (Å²) in [5.41, 5.74) is 0.795.